The number of hydrogen-bond acceptors (Lipinski definition) is 5. The molecule has 3 aliphatic heterocycles. The number of carbonyl (C=O) groups excluding carboxylic acids is 3. The van der Waals surface area contributed by atoms with E-state index < -0.39 is 6.04 Å². The van der Waals surface area contributed by atoms with Crippen LogP contribution >= 0.6 is 0 Å². The fourth-order valence-corrected chi connectivity index (χ4v) is 6.21. The lowest BCUT2D eigenvalue weighted by Crippen LogP contribution is -2.52. The maximum atomic E-state index is 13.0. The van der Waals surface area contributed by atoms with Gasteiger partial charge in [-0.25, -0.2) is 0 Å². The van der Waals surface area contributed by atoms with Crippen LogP contribution in [-0.4, -0.2) is 48.3 Å². The predicted octanol–water partition coefficient (Wildman–Crippen LogP) is 1.71. The quantitative estimate of drug-likeness (QED) is 0.626. The number of imide groups is 1. The molecule has 3 N–H and O–H groups in total. The third kappa shape index (κ3) is 3.89. The molecule has 31 heavy (non-hydrogen) atoms. The second-order valence-corrected chi connectivity index (χ2v) is 9.72. The first-order chi connectivity index (χ1) is 15.1. The van der Waals surface area contributed by atoms with E-state index in [1.165, 1.54) is 32.1 Å². The largest absolute Gasteiger partial charge is 0.322 e. The van der Waals surface area contributed by atoms with Crippen LogP contribution in [-0.2, 0) is 22.7 Å². The summed E-state index contributed by atoms with van der Waals surface area (Å²) >= 11 is 0. The Bertz CT molecular complexity index is 893. The highest BCUT2D eigenvalue weighted by molar-refractivity contribution is 6.05. The van der Waals surface area contributed by atoms with Gasteiger partial charge in [-0.3, -0.25) is 19.7 Å². The molecule has 1 spiro atoms. The van der Waals surface area contributed by atoms with E-state index in [2.05, 4.69) is 22.0 Å². The lowest BCUT2D eigenvalue weighted by atomic mass is 9.71. The Kier molecular flexibility index (Phi) is 5.56. The zero-order valence-corrected chi connectivity index (χ0v) is 18.0. The molecule has 3 amide bonds. The van der Waals surface area contributed by atoms with Crippen molar-refractivity contribution in [1.82, 2.24) is 20.9 Å². The third-order valence-corrected chi connectivity index (χ3v) is 8.01. The summed E-state index contributed by atoms with van der Waals surface area (Å²) in [7, 11) is 0. The van der Waals surface area contributed by atoms with Gasteiger partial charge in [0.05, 0.1) is 0 Å². The number of nitrogens with zero attached hydrogens (tertiary/aromatic N) is 1. The lowest BCUT2D eigenvalue weighted by molar-refractivity contribution is -0.136. The van der Waals surface area contributed by atoms with Gasteiger partial charge in [-0.2, -0.15) is 0 Å². The zero-order valence-electron chi connectivity index (χ0n) is 18.0. The summed E-state index contributed by atoms with van der Waals surface area (Å²) in [5, 5.41) is 9.52. The standard InChI is InChI=1S/C24H32N4O3/c29-21-6-5-20(22(30)27-21)28-15-17-4-3-16(12-19(17)23(28)31)13-26-14-18-2-1-7-24(18)8-10-25-11-9-24/h3-4,12,18,20,25-26H,1-2,5-11,13-15H2,(H,27,29,30). The molecule has 1 aromatic carbocycles. The molecular weight excluding hydrogens is 392 g/mol. The third-order valence-electron chi connectivity index (χ3n) is 8.01. The summed E-state index contributed by atoms with van der Waals surface area (Å²) in [4.78, 5) is 38.2. The normalized spacial score (nSPS) is 27.6. The minimum absolute atomic E-state index is 0.101. The molecule has 0 radical (unpaired) electrons. The Morgan fingerprint density at radius 1 is 1.10 bits per heavy atom. The second-order valence-electron chi connectivity index (χ2n) is 9.72. The molecule has 2 unspecified atom stereocenters. The van der Waals surface area contributed by atoms with Crippen molar-refractivity contribution in [2.24, 2.45) is 11.3 Å². The van der Waals surface area contributed by atoms with E-state index in [1.807, 2.05) is 12.1 Å². The van der Waals surface area contributed by atoms with Crippen LogP contribution in [0.2, 0.25) is 0 Å². The van der Waals surface area contributed by atoms with Crippen LogP contribution in [0.3, 0.4) is 0 Å². The van der Waals surface area contributed by atoms with E-state index in [0.29, 0.717) is 23.9 Å². The van der Waals surface area contributed by atoms with Crippen molar-refractivity contribution in [1.29, 1.82) is 0 Å². The van der Waals surface area contributed by atoms with E-state index in [-0.39, 0.29) is 24.1 Å². The number of carbonyl (C=O) groups is 3. The molecule has 2 atom stereocenters. The van der Waals surface area contributed by atoms with E-state index in [0.717, 1.165) is 43.2 Å². The first-order valence-electron chi connectivity index (χ1n) is 11.7. The van der Waals surface area contributed by atoms with Crippen molar-refractivity contribution in [2.75, 3.05) is 19.6 Å². The summed E-state index contributed by atoms with van der Waals surface area (Å²) in [6.45, 7) is 4.52. The highest BCUT2D eigenvalue weighted by atomic mass is 16.2. The SMILES string of the molecule is O=C1CCC(N2Cc3ccc(CNCC4CCCC45CCNCC5)cc3C2=O)C(=O)N1. The van der Waals surface area contributed by atoms with Crippen LogP contribution in [0.1, 0.15) is 66.4 Å². The summed E-state index contributed by atoms with van der Waals surface area (Å²) in [5.74, 6) is 0.0273. The Morgan fingerprint density at radius 3 is 2.74 bits per heavy atom. The van der Waals surface area contributed by atoms with Gasteiger partial charge in [-0.15, -0.1) is 0 Å². The van der Waals surface area contributed by atoms with Gasteiger partial charge in [0.1, 0.15) is 6.04 Å². The first-order valence-corrected chi connectivity index (χ1v) is 11.7. The maximum Gasteiger partial charge on any atom is 0.255 e. The summed E-state index contributed by atoms with van der Waals surface area (Å²) in [5.41, 5.74) is 3.28. The molecular formula is C24H32N4O3. The molecule has 7 nitrogen and oxygen atoms in total. The molecule has 3 fully saturated rings. The van der Waals surface area contributed by atoms with Gasteiger partial charge < -0.3 is 15.5 Å². The lowest BCUT2D eigenvalue weighted by Gasteiger charge is -2.39. The fourth-order valence-electron chi connectivity index (χ4n) is 6.21. The number of fused-ring (bicyclic) bond motifs is 1. The Balaban J connectivity index is 1.20. The summed E-state index contributed by atoms with van der Waals surface area (Å²) < 4.78 is 0. The average molecular weight is 425 g/mol. The minimum atomic E-state index is -0.553. The van der Waals surface area contributed by atoms with Crippen LogP contribution in [0.25, 0.3) is 0 Å². The van der Waals surface area contributed by atoms with Gasteiger partial charge in [0, 0.05) is 25.1 Å². The van der Waals surface area contributed by atoms with Crippen LogP contribution in [0.4, 0.5) is 0 Å². The molecule has 7 heteroatoms. The van der Waals surface area contributed by atoms with Crippen molar-refractivity contribution in [3.8, 4) is 0 Å². The van der Waals surface area contributed by atoms with E-state index in [4.69, 9.17) is 0 Å². The first kappa shape index (κ1) is 20.6. The predicted molar refractivity (Wildman–Crippen MR) is 116 cm³/mol. The van der Waals surface area contributed by atoms with Gasteiger partial charge in [-0.05, 0) is 80.3 Å². The summed E-state index contributed by atoms with van der Waals surface area (Å²) in [6.07, 6.45) is 7.30. The van der Waals surface area contributed by atoms with Gasteiger partial charge in [0.25, 0.3) is 5.91 Å². The van der Waals surface area contributed by atoms with Gasteiger partial charge in [0.2, 0.25) is 11.8 Å². The minimum Gasteiger partial charge on any atom is -0.322 e. The smallest absolute Gasteiger partial charge is 0.255 e. The van der Waals surface area contributed by atoms with Crippen molar-refractivity contribution >= 4 is 17.7 Å². The Morgan fingerprint density at radius 2 is 1.94 bits per heavy atom. The number of hydrogen-bond donors (Lipinski definition) is 3. The number of rotatable bonds is 5. The second kappa shape index (κ2) is 8.36. The highest BCUT2D eigenvalue weighted by Gasteiger charge is 2.43. The topological polar surface area (TPSA) is 90.5 Å². The van der Waals surface area contributed by atoms with E-state index in [9.17, 15) is 14.4 Å². The van der Waals surface area contributed by atoms with Gasteiger partial charge in [0.15, 0.2) is 0 Å². The molecule has 1 saturated carbocycles. The number of nitrogens with one attached hydrogen (secondary N) is 3. The van der Waals surface area contributed by atoms with Crippen LogP contribution in [0.5, 0.6) is 0 Å². The van der Waals surface area contributed by atoms with Crippen molar-refractivity contribution in [3.63, 3.8) is 0 Å². The monoisotopic (exact) mass is 424 g/mol. The van der Waals surface area contributed by atoms with Crippen molar-refractivity contribution in [3.05, 3.63) is 34.9 Å². The van der Waals surface area contributed by atoms with Crippen molar-refractivity contribution in [2.45, 2.75) is 64.1 Å². The molecule has 0 bridgehead atoms. The molecule has 1 aromatic rings. The molecule has 2 saturated heterocycles. The number of piperidine rings is 2. The Hall–Kier alpha value is -2.25. The average Bonchev–Trinajstić information content (AvgIpc) is 3.29. The molecule has 3 heterocycles. The fraction of sp³-hybridized carbons (Fsp3) is 0.625. The highest BCUT2D eigenvalue weighted by Crippen LogP contribution is 2.49. The summed E-state index contributed by atoms with van der Waals surface area (Å²) in [6, 6.07) is 5.52. The van der Waals surface area contributed by atoms with E-state index in [1.54, 1.807) is 4.90 Å². The van der Waals surface area contributed by atoms with E-state index >= 15 is 0 Å². The zero-order chi connectivity index (χ0) is 21.4. The van der Waals surface area contributed by atoms with Crippen LogP contribution < -0.4 is 16.0 Å². The van der Waals surface area contributed by atoms with Gasteiger partial charge in [-0.1, -0.05) is 18.6 Å². The molecule has 0 aromatic heterocycles. The van der Waals surface area contributed by atoms with Crippen molar-refractivity contribution < 1.29 is 14.4 Å². The number of benzene rings is 1. The van der Waals surface area contributed by atoms with Crippen LogP contribution in [0, 0.1) is 11.3 Å². The molecule has 4 aliphatic rings. The maximum absolute atomic E-state index is 13.0. The van der Waals surface area contributed by atoms with Gasteiger partial charge >= 0.3 is 0 Å². The Labute approximate surface area is 183 Å². The molecule has 1 aliphatic carbocycles. The van der Waals surface area contributed by atoms with Crippen LogP contribution in [0.15, 0.2) is 18.2 Å². The molecule has 5 rings (SSSR count). The molecule has 166 valence electrons. The number of amides is 3.